The molecular weight excluding hydrogens is 391 g/mol. The van der Waals surface area contributed by atoms with E-state index in [1.165, 1.54) is 33.5 Å². The number of carbonyl (C=O) groups excluding carboxylic acids is 1. The number of amides is 1. The van der Waals surface area contributed by atoms with Gasteiger partial charge in [0.25, 0.3) is 5.91 Å². The Labute approximate surface area is 163 Å². The highest BCUT2D eigenvalue weighted by Crippen LogP contribution is 2.33. The van der Waals surface area contributed by atoms with Crippen LogP contribution < -0.4 is 4.90 Å². The second-order valence-electron chi connectivity index (χ2n) is 6.18. The largest absolute Gasteiger partial charge is 0.308 e. The number of hydrogen-bond acceptors (Lipinski definition) is 3. The lowest BCUT2D eigenvalue weighted by Gasteiger charge is -2.20. The van der Waals surface area contributed by atoms with Crippen molar-refractivity contribution in [2.24, 2.45) is 0 Å². The quantitative estimate of drug-likeness (QED) is 0.755. The number of fused-ring (bicyclic) bond motifs is 1. The fraction of sp³-hybridized carbons (Fsp3) is 0.316. The normalized spacial score (nSPS) is 13.9. The standard InChI is InChI=1S/C19H20ClFN2O3S/c1-3-22(4-2)27(25,26)14-8-9-17-13(12-14)10-11-23(17)19(24)18-15(20)6-5-7-16(18)21/h5-9,12H,3-4,10-11H2,1-2H3. The maximum atomic E-state index is 14.1. The molecule has 1 amide bonds. The van der Waals surface area contributed by atoms with Crippen molar-refractivity contribution in [1.82, 2.24) is 4.31 Å². The minimum atomic E-state index is -3.58. The number of sulfonamides is 1. The van der Waals surface area contributed by atoms with Crippen LogP contribution in [-0.2, 0) is 16.4 Å². The molecule has 27 heavy (non-hydrogen) atoms. The second kappa shape index (κ2) is 7.58. The Balaban J connectivity index is 1.97. The summed E-state index contributed by atoms with van der Waals surface area (Å²) in [6.07, 6.45) is 0.495. The molecule has 0 radical (unpaired) electrons. The molecule has 144 valence electrons. The van der Waals surface area contributed by atoms with E-state index in [9.17, 15) is 17.6 Å². The van der Waals surface area contributed by atoms with Gasteiger partial charge < -0.3 is 4.90 Å². The van der Waals surface area contributed by atoms with Crippen LogP contribution in [0.15, 0.2) is 41.3 Å². The number of hydrogen-bond donors (Lipinski definition) is 0. The van der Waals surface area contributed by atoms with Crippen molar-refractivity contribution in [3.63, 3.8) is 0 Å². The van der Waals surface area contributed by atoms with E-state index in [-0.39, 0.29) is 15.5 Å². The predicted molar refractivity (Wildman–Crippen MR) is 103 cm³/mol. The first-order chi connectivity index (χ1) is 12.8. The summed E-state index contributed by atoms with van der Waals surface area (Å²) in [5, 5.41) is 0.0502. The summed E-state index contributed by atoms with van der Waals surface area (Å²) in [6.45, 7) is 4.67. The van der Waals surface area contributed by atoms with Crippen LogP contribution in [-0.4, -0.2) is 38.3 Å². The number of halogens is 2. The number of anilines is 1. The zero-order valence-corrected chi connectivity index (χ0v) is 16.6. The van der Waals surface area contributed by atoms with Crippen molar-refractivity contribution in [3.05, 3.63) is 58.4 Å². The van der Waals surface area contributed by atoms with Crippen molar-refractivity contribution < 1.29 is 17.6 Å². The molecule has 5 nitrogen and oxygen atoms in total. The van der Waals surface area contributed by atoms with Gasteiger partial charge in [-0.05, 0) is 42.3 Å². The average Bonchev–Trinajstić information content (AvgIpc) is 3.05. The molecule has 2 aromatic rings. The van der Waals surface area contributed by atoms with Gasteiger partial charge in [0.05, 0.1) is 15.5 Å². The molecule has 1 aliphatic rings. The van der Waals surface area contributed by atoms with E-state index in [4.69, 9.17) is 11.6 Å². The van der Waals surface area contributed by atoms with Crippen LogP contribution in [0, 0.1) is 5.82 Å². The molecule has 0 fully saturated rings. The van der Waals surface area contributed by atoms with Crippen LogP contribution in [0.25, 0.3) is 0 Å². The van der Waals surface area contributed by atoms with Gasteiger partial charge in [-0.25, -0.2) is 12.8 Å². The first kappa shape index (κ1) is 19.8. The van der Waals surface area contributed by atoms with Crippen molar-refractivity contribution in [2.75, 3.05) is 24.5 Å². The highest BCUT2D eigenvalue weighted by Gasteiger charge is 2.30. The fourth-order valence-corrected chi connectivity index (χ4v) is 5.05. The van der Waals surface area contributed by atoms with Gasteiger partial charge >= 0.3 is 0 Å². The van der Waals surface area contributed by atoms with E-state index in [1.54, 1.807) is 26.0 Å². The van der Waals surface area contributed by atoms with E-state index >= 15 is 0 Å². The van der Waals surface area contributed by atoms with E-state index in [0.717, 1.165) is 5.56 Å². The number of benzene rings is 2. The van der Waals surface area contributed by atoms with Gasteiger partial charge in [0.1, 0.15) is 5.82 Å². The lowest BCUT2D eigenvalue weighted by Crippen LogP contribution is -2.31. The molecule has 0 N–H and O–H groups in total. The Kier molecular flexibility index (Phi) is 5.55. The molecule has 0 saturated carbocycles. The molecular formula is C19H20ClFN2O3S. The van der Waals surface area contributed by atoms with E-state index in [1.807, 2.05) is 0 Å². The molecule has 0 aliphatic carbocycles. The van der Waals surface area contributed by atoms with Gasteiger partial charge in [0, 0.05) is 25.3 Å². The van der Waals surface area contributed by atoms with Crippen LogP contribution in [0.3, 0.4) is 0 Å². The summed E-state index contributed by atoms with van der Waals surface area (Å²) < 4.78 is 40.9. The maximum Gasteiger partial charge on any atom is 0.262 e. The summed E-state index contributed by atoms with van der Waals surface area (Å²) in [6, 6.07) is 8.78. The summed E-state index contributed by atoms with van der Waals surface area (Å²) in [4.78, 5) is 14.4. The molecule has 2 aromatic carbocycles. The monoisotopic (exact) mass is 410 g/mol. The van der Waals surface area contributed by atoms with Crippen LogP contribution in [0.5, 0.6) is 0 Å². The van der Waals surface area contributed by atoms with Crippen LogP contribution >= 0.6 is 11.6 Å². The van der Waals surface area contributed by atoms with Crippen LogP contribution in [0.1, 0.15) is 29.8 Å². The first-order valence-corrected chi connectivity index (χ1v) is 10.5. The first-order valence-electron chi connectivity index (χ1n) is 8.70. The van der Waals surface area contributed by atoms with Crippen molar-refractivity contribution >= 4 is 33.2 Å². The predicted octanol–water partition coefficient (Wildman–Crippen LogP) is 3.71. The van der Waals surface area contributed by atoms with Crippen LogP contribution in [0.4, 0.5) is 10.1 Å². The van der Waals surface area contributed by atoms with E-state index in [0.29, 0.717) is 31.7 Å². The Hall–Kier alpha value is -1.96. The molecule has 3 rings (SSSR count). The summed E-state index contributed by atoms with van der Waals surface area (Å²) in [7, 11) is -3.58. The minimum Gasteiger partial charge on any atom is -0.308 e. The maximum absolute atomic E-state index is 14.1. The Bertz CT molecular complexity index is 970. The molecule has 0 saturated heterocycles. The van der Waals surface area contributed by atoms with E-state index < -0.39 is 21.7 Å². The summed E-state index contributed by atoms with van der Waals surface area (Å²) in [5.41, 5.74) is 1.15. The third-order valence-electron chi connectivity index (χ3n) is 4.71. The summed E-state index contributed by atoms with van der Waals surface area (Å²) >= 11 is 6.01. The molecule has 0 atom stereocenters. The fourth-order valence-electron chi connectivity index (χ4n) is 3.30. The SMILES string of the molecule is CCN(CC)S(=O)(=O)c1ccc2c(c1)CCN2C(=O)c1c(F)cccc1Cl. The third kappa shape index (κ3) is 3.47. The third-order valence-corrected chi connectivity index (χ3v) is 7.07. The van der Waals surface area contributed by atoms with E-state index in [2.05, 4.69) is 0 Å². The van der Waals surface area contributed by atoms with Crippen molar-refractivity contribution in [1.29, 1.82) is 0 Å². The summed E-state index contributed by atoms with van der Waals surface area (Å²) in [5.74, 6) is -1.21. The van der Waals surface area contributed by atoms with Gasteiger partial charge in [-0.15, -0.1) is 0 Å². The lowest BCUT2D eigenvalue weighted by atomic mass is 10.1. The Morgan fingerprint density at radius 2 is 1.93 bits per heavy atom. The highest BCUT2D eigenvalue weighted by molar-refractivity contribution is 7.89. The molecule has 0 spiro atoms. The lowest BCUT2D eigenvalue weighted by molar-refractivity contribution is 0.0985. The number of nitrogens with zero attached hydrogens (tertiary/aromatic N) is 2. The van der Waals surface area contributed by atoms with Crippen LogP contribution in [0.2, 0.25) is 5.02 Å². The molecule has 1 heterocycles. The molecule has 0 unspecified atom stereocenters. The number of rotatable bonds is 5. The van der Waals surface area contributed by atoms with Gasteiger partial charge in [0.15, 0.2) is 0 Å². The highest BCUT2D eigenvalue weighted by atomic mass is 35.5. The molecule has 1 aliphatic heterocycles. The smallest absolute Gasteiger partial charge is 0.262 e. The minimum absolute atomic E-state index is 0.0502. The molecule has 0 aromatic heterocycles. The van der Waals surface area contributed by atoms with Gasteiger partial charge in [-0.1, -0.05) is 31.5 Å². The van der Waals surface area contributed by atoms with Crippen molar-refractivity contribution in [2.45, 2.75) is 25.2 Å². The Morgan fingerprint density at radius 3 is 2.56 bits per heavy atom. The average molecular weight is 411 g/mol. The topological polar surface area (TPSA) is 57.7 Å². The van der Waals surface area contributed by atoms with Gasteiger partial charge in [-0.2, -0.15) is 4.31 Å². The Morgan fingerprint density at radius 1 is 1.22 bits per heavy atom. The van der Waals surface area contributed by atoms with Crippen molar-refractivity contribution in [3.8, 4) is 0 Å². The zero-order chi connectivity index (χ0) is 19.8. The molecule has 0 bridgehead atoms. The second-order valence-corrected chi connectivity index (χ2v) is 8.53. The zero-order valence-electron chi connectivity index (χ0n) is 15.1. The van der Waals surface area contributed by atoms with Gasteiger partial charge in [-0.3, -0.25) is 4.79 Å². The molecule has 8 heteroatoms. The number of carbonyl (C=O) groups is 1. The van der Waals surface area contributed by atoms with Gasteiger partial charge in [0.2, 0.25) is 10.0 Å².